The van der Waals surface area contributed by atoms with Gasteiger partial charge < -0.3 is 14.5 Å². The first-order valence-corrected chi connectivity index (χ1v) is 12.9. The van der Waals surface area contributed by atoms with E-state index in [9.17, 15) is 18.0 Å². The number of anilines is 2. The summed E-state index contributed by atoms with van der Waals surface area (Å²) in [5.74, 6) is 0. The number of hydrogen-bond acceptors (Lipinski definition) is 7. The third kappa shape index (κ3) is 5.39. The van der Waals surface area contributed by atoms with Crippen LogP contribution in [0, 0.1) is 0 Å². The normalized spacial score (nSPS) is 14.9. The van der Waals surface area contributed by atoms with Crippen molar-refractivity contribution in [2.45, 2.75) is 26.4 Å². The van der Waals surface area contributed by atoms with E-state index in [1.54, 1.807) is 41.4 Å². The van der Waals surface area contributed by atoms with Gasteiger partial charge in [-0.2, -0.15) is 0 Å². The molecule has 0 aliphatic carbocycles. The van der Waals surface area contributed by atoms with Gasteiger partial charge >= 0.3 is 6.09 Å². The minimum Gasteiger partial charge on any atom is -0.444 e. The number of benzene rings is 1. The van der Waals surface area contributed by atoms with Crippen LogP contribution in [0.3, 0.4) is 0 Å². The zero-order chi connectivity index (χ0) is 24.7. The maximum absolute atomic E-state index is 13.4. The third-order valence-electron chi connectivity index (χ3n) is 5.47. The van der Waals surface area contributed by atoms with Crippen LogP contribution in [0.15, 0.2) is 47.4 Å². The van der Waals surface area contributed by atoms with Crippen LogP contribution in [-0.2, 0) is 14.8 Å². The first-order chi connectivity index (χ1) is 15.9. The topological polar surface area (TPSA) is 109 Å². The van der Waals surface area contributed by atoms with Gasteiger partial charge in [-0.05, 0) is 50.4 Å². The molecule has 4 rings (SSSR count). The second-order valence-electron chi connectivity index (χ2n) is 9.42. The summed E-state index contributed by atoms with van der Waals surface area (Å²) < 4.78 is 31.1. The largest absolute Gasteiger partial charge is 0.444 e. The number of fused-ring (bicyclic) bond motifs is 2. The van der Waals surface area contributed by atoms with E-state index in [-0.39, 0.29) is 11.5 Å². The molecule has 1 N–H and O–H groups in total. The van der Waals surface area contributed by atoms with E-state index in [0.717, 1.165) is 11.9 Å². The van der Waals surface area contributed by atoms with E-state index in [2.05, 4.69) is 14.6 Å². The van der Waals surface area contributed by atoms with Crippen LogP contribution in [0.25, 0.3) is 21.7 Å². The maximum atomic E-state index is 13.4. The summed E-state index contributed by atoms with van der Waals surface area (Å²) in [6.07, 6.45) is 2.46. The zero-order valence-electron chi connectivity index (χ0n) is 19.7. The molecule has 0 atom stereocenters. The fraction of sp³-hybridized carbons (Fsp3) is 0.375. The van der Waals surface area contributed by atoms with Gasteiger partial charge in [0.25, 0.3) is 0 Å². The molecule has 0 unspecified atom stereocenters. The highest BCUT2D eigenvalue weighted by Crippen LogP contribution is 2.23. The molecule has 1 saturated heterocycles. The van der Waals surface area contributed by atoms with Gasteiger partial charge in [-0.1, -0.05) is 12.1 Å². The van der Waals surface area contributed by atoms with E-state index < -0.39 is 15.6 Å². The zero-order valence-corrected chi connectivity index (χ0v) is 20.5. The van der Waals surface area contributed by atoms with Crippen LogP contribution in [0.1, 0.15) is 20.8 Å². The van der Waals surface area contributed by atoms with Crippen molar-refractivity contribution in [3.8, 4) is 0 Å². The van der Waals surface area contributed by atoms with Gasteiger partial charge in [0.2, 0.25) is 10.0 Å². The Hall–Kier alpha value is -3.40. The number of rotatable bonds is 3. The minimum absolute atomic E-state index is 0.228. The number of piperazine rings is 1. The van der Waals surface area contributed by atoms with Crippen molar-refractivity contribution in [3.63, 3.8) is 0 Å². The maximum Gasteiger partial charge on any atom is 0.410 e. The summed E-state index contributed by atoms with van der Waals surface area (Å²) in [6.45, 7) is 7.70. The van der Waals surface area contributed by atoms with Crippen LogP contribution in [0.5, 0.6) is 0 Å². The predicted octanol–water partition coefficient (Wildman–Crippen LogP) is 3.18. The Morgan fingerprint density at radius 1 is 1.03 bits per heavy atom. The number of carbonyl (C=O) groups excluding carboxylic acids is 1. The van der Waals surface area contributed by atoms with E-state index in [4.69, 9.17) is 4.74 Å². The van der Waals surface area contributed by atoms with Crippen LogP contribution in [-0.4, -0.2) is 62.4 Å². The molecule has 1 aromatic heterocycles. The van der Waals surface area contributed by atoms with Gasteiger partial charge in [0.05, 0.1) is 29.0 Å². The Bertz CT molecular complexity index is 1430. The summed E-state index contributed by atoms with van der Waals surface area (Å²) >= 11 is 0. The van der Waals surface area contributed by atoms with Crippen LogP contribution >= 0.6 is 0 Å². The average molecular weight is 485 g/mol. The summed E-state index contributed by atoms with van der Waals surface area (Å²) in [4.78, 5) is 34.0. The van der Waals surface area contributed by atoms with E-state index in [0.29, 0.717) is 53.5 Å². The molecule has 34 heavy (non-hydrogen) atoms. The summed E-state index contributed by atoms with van der Waals surface area (Å²) in [5.41, 5.74) is 0.895. The summed E-state index contributed by atoms with van der Waals surface area (Å²) in [6, 6.07) is 10.3. The number of carbonyl (C=O) groups is 1. The van der Waals surface area contributed by atoms with Crippen molar-refractivity contribution in [2.24, 2.45) is 0 Å². The number of pyridine rings is 1. The van der Waals surface area contributed by atoms with Crippen molar-refractivity contribution in [3.05, 3.63) is 52.8 Å². The highest BCUT2D eigenvalue weighted by molar-refractivity contribution is 7.92. The molecule has 3 aromatic rings. The monoisotopic (exact) mass is 484 g/mol. The Labute approximate surface area is 198 Å². The van der Waals surface area contributed by atoms with Crippen molar-refractivity contribution >= 4 is 49.2 Å². The van der Waals surface area contributed by atoms with Gasteiger partial charge in [-0.25, -0.2) is 13.2 Å². The number of ether oxygens (including phenoxy) is 1. The van der Waals surface area contributed by atoms with Crippen molar-refractivity contribution < 1.29 is 17.9 Å². The van der Waals surface area contributed by atoms with Gasteiger partial charge in [0.1, 0.15) is 5.60 Å². The quantitative estimate of drug-likeness (QED) is 0.608. The number of hydrogen-bond donors (Lipinski definition) is 1. The molecule has 9 nitrogen and oxygen atoms in total. The first kappa shape index (κ1) is 23.7. The Kier molecular flexibility index (Phi) is 6.11. The Morgan fingerprint density at radius 2 is 1.71 bits per heavy atom. The highest BCUT2D eigenvalue weighted by Gasteiger charge is 2.26. The second kappa shape index (κ2) is 8.75. The van der Waals surface area contributed by atoms with Crippen LogP contribution < -0.4 is 15.1 Å². The molecule has 180 valence electrons. The number of sulfonamides is 1. The van der Waals surface area contributed by atoms with Crippen molar-refractivity contribution in [1.82, 2.24) is 9.88 Å². The highest BCUT2D eigenvalue weighted by atomic mass is 32.2. The smallest absolute Gasteiger partial charge is 0.410 e. The molecule has 0 spiro atoms. The van der Waals surface area contributed by atoms with Crippen LogP contribution in [0.4, 0.5) is 16.2 Å². The lowest BCUT2D eigenvalue weighted by Crippen LogP contribution is -2.50. The SMILES string of the molecule is CC(C)(C)OC(=O)N1CCN(c2cnc3ccc4ccc(NS(C)(=O)=O)cc4c(=O)c3c2)CC1. The summed E-state index contributed by atoms with van der Waals surface area (Å²) in [5, 5.41) is 1.53. The lowest BCUT2D eigenvalue weighted by atomic mass is 10.1. The van der Waals surface area contributed by atoms with Crippen molar-refractivity contribution in [2.75, 3.05) is 42.1 Å². The molecule has 1 fully saturated rings. The molecule has 0 bridgehead atoms. The number of amides is 1. The average Bonchev–Trinajstić information content (AvgIpc) is 2.88. The Balaban J connectivity index is 1.64. The third-order valence-corrected chi connectivity index (χ3v) is 6.07. The fourth-order valence-corrected chi connectivity index (χ4v) is 4.47. The first-order valence-electron chi connectivity index (χ1n) is 11.0. The standard InChI is InChI=1S/C24H28N4O5S/c1-24(2,3)33-23(30)28-11-9-27(10-12-28)18-14-20-21(25-15-18)8-6-16-5-7-17(26-34(4,31)32)13-19(16)22(20)29/h5-8,13-15,26H,9-12H2,1-4H3. The number of aromatic nitrogens is 1. The van der Waals surface area contributed by atoms with E-state index >= 15 is 0 Å². The van der Waals surface area contributed by atoms with E-state index in [1.807, 2.05) is 26.8 Å². The molecule has 1 amide bonds. The molecular weight excluding hydrogens is 456 g/mol. The molecule has 0 saturated carbocycles. The van der Waals surface area contributed by atoms with Gasteiger partial charge in [0, 0.05) is 37.3 Å². The lowest BCUT2D eigenvalue weighted by molar-refractivity contribution is 0.0240. The molecule has 2 aromatic carbocycles. The van der Waals surface area contributed by atoms with Crippen molar-refractivity contribution in [1.29, 1.82) is 0 Å². The molecule has 0 radical (unpaired) electrons. The Morgan fingerprint density at radius 3 is 2.35 bits per heavy atom. The molecule has 1 aliphatic heterocycles. The van der Waals surface area contributed by atoms with Gasteiger partial charge in [0.15, 0.2) is 5.43 Å². The minimum atomic E-state index is -3.47. The molecule has 10 heteroatoms. The van der Waals surface area contributed by atoms with Gasteiger partial charge in [-0.3, -0.25) is 14.5 Å². The number of nitrogens with zero attached hydrogens (tertiary/aromatic N) is 3. The fourth-order valence-electron chi connectivity index (χ4n) is 3.92. The second-order valence-corrected chi connectivity index (χ2v) is 11.2. The van der Waals surface area contributed by atoms with Crippen LogP contribution in [0.2, 0.25) is 0 Å². The molecular formula is C24H28N4O5S. The summed E-state index contributed by atoms with van der Waals surface area (Å²) in [7, 11) is -3.47. The molecule has 1 aliphatic rings. The van der Waals surface area contributed by atoms with E-state index in [1.165, 1.54) is 0 Å². The molecule has 2 heterocycles. The number of nitrogens with one attached hydrogen (secondary N) is 1. The predicted molar refractivity (Wildman–Crippen MR) is 134 cm³/mol. The lowest BCUT2D eigenvalue weighted by Gasteiger charge is -2.36. The van der Waals surface area contributed by atoms with Gasteiger partial charge in [-0.15, -0.1) is 0 Å².